The van der Waals surface area contributed by atoms with Gasteiger partial charge in [0.15, 0.2) is 0 Å². The van der Waals surface area contributed by atoms with Crippen LogP contribution in [-0.2, 0) is 21.0 Å². The van der Waals surface area contributed by atoms with Crippen LogP contribution in [0.4, 0.5) is 18.9 Å². The number of amides is 1. The van der Waals surface area contributed by atoms with Crippen LogP contribution in [0, 0.1) is 0 Å². The number of halogens is 3. The van der Waals surface area contributed by atoms with E-state index >= 15 is 0 Å². The van der Waals surface area contributed by atoms with Crippen molar-refractivity contribution in [2.24, 2.45) is 0 Å². The van der Waals surface area contributed by atoms with Crippen molar-refractivity contribution in [1.29, 1.82) is 0 Å². The third kappa shape index (κ3) is 5.37. The van der Waals surface area contributed by atoms with E-state index in [1.54, 1.807) is 46.2 Å². The quantitative estimate of drug-likeness (QED) is 0.696. The molecule has 1 heterocycles. The minimum atomic E-state index is -4.42. The van der Waals surface area contributed by atoms with Gasteiger partial charge in [0.2, 0.25) is 15.9 Å². The summed E-state index contributed by atoms with van der Waals surface area (Å²) in [4.78, 5) is 16.6. The minimum absolute atomic E-state index is 0.274. The smallest absolute Gasteiger partial charge is 0.368 e. The van der Waals surface area contributed by atoms with Crippen LogP contribution in [0.1, 0.15) is 17.2 Å². The first-order valence-corrected chi connectivity index (χ1v) is 11.5. The zero-order chi connectivity index (χ0) is 22.8. The van der Waals surface area contributed by atoms with Crippen molar-refractivity contribution in [3.8, 4) is 0 Å². The van der Waals surface area contributed by atoms with Gasteiger partial charge in [0.25, 0.3) is 0 Å². The molecule has 0 N–H and O–H groups in total. The van der Waals surface area contributed by atoms with Crippen LogP contribution < -0.4 is 4.90 Å². The number of benzene rings is 2. The summed E-state index contributed by atoms with van der Waals surface area (Å²) in [5.74, 6) is -0.359. The fourth-order valence-corrected chi connectivity index (χ4v) is 4.17. The Morgan fingerprint density at radius 2 is 1.61 bits per heavy atom. The third-order valence-corrected chi connectivity index (χ3v) is 6.62. The van der Waals surface area contributed by atoms with Crippen molar-refractivity contribution in [3.63, 3.8) is 0 Å². The van der Waals surface area contributed by atoms with Crippen molar-refractivity contribution in [3.05, 3.63) is 65.7 Å². The van der Waals surface area contributed by atoms with E-state index in [-0.39, 0.29) is 19.0 Å². The number of alkyl halides is 3. The van der Waals surface area contributed by atoms with Crippen LogP contribution in [0.25, 0.3) is 0 Å². The van der Waals surface area contributed by atoms with E-state index in [1.165, 1.54) is 13.1 Å². The van der Waals surface area contributed by atoms with Crippen LogP contribution in [0.2, 0.25) is 0 Å². The van der Waals surface area contributed by atoms with Crippen LogP contribution in [0.5, 0.6) is 0 Å². The first kappa shape index (κ1) is 23.1. The number of hydrogen-bond acceptors (Lipinski definition) is 4. The van der Waals surface area contributed by atoms with Gasteiger partial charge in [0.1, 0.15) is 6.04 Å². The lowest BCUT2D eigenvalue weighted by molar-refractivity contribution is -0.137. The minimum Gasteiger partial charge on any atom is -0.368 e. The molecule has 0 radical (unpaired) electrons. The molecule has 6 nitrogen and oxygen atoms in total. The number of anilines is 1. The number of nitrogens with zero attached hydrogens (tertiary/aromatic N) is 3. The molecule has 0 bridgehead atoms. The van der Waals surface area contributed by atoms with E-state index in [1.807, 2.05) is 0 Å². The molecule has 0 saturated carbocycles. The van der Waals surface area contributed by atoms with E-state index in [4.69, 9.17) is 0 Å². The summed E-state index contributed by atoms with van der Waals surface area (Å²) < 4.78 is 64.3. The molecule has 1 saturated heterocycles. The molecule has 2 aromatic rings. The molecular weight excluding hydrogens is 431 g/mol. The molecule has 1 aliphatic rings. The van der Waals surface area contributed by atoms with Gasteiger partial charge in [0.05, 0.1) is 11.8 Å². The van der Waals surface area contributed by atoms with E-state index in [2.05, 4.69) is 0 Å². The molecule has 31 heavy (non-hydrogen) atoms. The molecule has 2 aromatic carbocycles. The predicted octanol–water partition coefficient (Wildman–Crippen LogP) is 2.99. The summed E-state index contributed by atoms with van der Waals surface area (Å²) in [6.45, 7) is 1.24. The molecule has 0 aliphatic carbocycles. The maximum atomic E-state index is 13.3. The second-order valence-electron chi connectivity index (χ2n) is 7.45. The van der Waals surface area contributed by atoms with Crippen LogP contribution in [0.15, 0.2) is 54.6 Å². The fraction of sp³-hybridized carbons (Fsp3) is 0.381. The van der Waals surface area contributed by atoms with Crippen LogP contribution in [-0.4, -0.2) is 63.0 Å². The lowest BCUT2D eigenvalue weighted by Gasteiger charge is -2.39. The van der Waals surface area contributed by atoms with Crippen LogP contribution in [0.3, 0.4) is 0 Å². The van der Waals surface area contributed by atoms with Crippen molar-refractivity contribution in [2.75, 3.05) is 44.4 Å². The molecule has 10 heteroatoms. The Kier molecular flexibility index (Phi) is 6.61. The lowest BCUT2D eigenvalue weighted by atomic mass is 10.1. The SMILES string of the molecule is CN([C@@H](C(=O)N1CCN(c2cccc(C(F)(F)F)c2)CC1)c1ccccc1)S(C)(=O)=O. The highest BCUT2D eigenvalue weighted by Gasteiger charge is 2.35. The van der Waals surface area contributed by atoms with Gasteiger partial charge in [-0.05, 0) is 23.8 Å². The molecule has 0 spiro atoms. The molecule has 168 valence electrons. The highest BCUT2D eigenvalue weighted by Crippen LogP contribution is 2.32. The first-order valence-electron chi connectivity index (χ1n) is 9.67. The number of hydrogen-bond donors (Lipinski definition) is 0. The number of carbonyl (C=O) groups is 1. The van der Waals surface area contributed by atoms with Gasteiger partial charge in [-0.1, -0.05) is 36.4 Å². The first-order chi connectivity index (χ1) is 14.5. The third-order valence-electron chi connectivity index (χ3n) is 5.37. The Bertz CT molecular complexity index is 1020. The van der Waals surface area contributed by atoms with Crippen LogP contribution >= 0.6 is 0 Å². The van der Waals surface area contributed by atoms with Crippen molar-refractivity contribution in [2.45, 2.75) is 12.2 Å². The van der Waals surface area contributed by atoms with Gasteiger partial charge in [-0.3, -0.25) is 4.79 Å². The number of carbonyl (C=O) groups excluding carboxylic acids is 1. The summed E-state index contributed by atoms with van der Waals surface area (Å²) in [5.41, 5.74) is 0.276. The Balaban J connectivity index is 1.76. The lowest BCUT2D eigenvalue weighted by Crippen LogP contribution is -2.52. The monoisotopic (exact) mass is 455 g/mol. The van der Waals surface area contributed by atoms with Crippen molar-refractivity contribution < 1.29 is 26.4 Å². The molecular formula is C21H24F3N3O3S. The summed E-state index contributed by atoms with van der Waals surface area (Å²) in [5, 5.41) is 0. The Labute approximate surface area is 179 Å². The Morgan fingerprint density at radius 1 is 1.00 bits per heavy atom. The largest absolute Gasteiger partial charge is 0.416 e. The van der Waals surface area contributed by atoms with Gasteiger partial charge in [0, 0.05) is 38.9 Å². The van der Waals surface area contributed by atoms with E-state index < -0.39 is 27.8 Å². The summed E-state index contributed by atoms with van der Waals surface area (Å²) in [6, 6.07) is 12.7. The zero-order valence-corrected chi connectivity index (χ0v) is 18.0. The molecule has 1 aliphatic heterocycles. The normalized spacial score (nSPS) is 16.5. The zero-order valence-electron chi connectivity index (χ0n) is 17.2. The van der Waals surface area contributed by atoms with Gasteiger partial charge < -0.3 is 9.80 Å². The standard InChI is InChI=1S/C21H24F3N3O3S/c1-25(31(2,29)30)19(16-7-4-3-5-8-16)20(28)27-13-11-26(12-14-27)18-10-6-9-17(15-18)21(22,23)24/h3-10,15,19H,11-14H2,1-2H3/t19-/m1/s1. The Hall–Kier alpha value is -2.59. The predicted molar refractivity (Wildman–Crippen MR) is 112 cm³/mol. The molecule has 0 unspecified atom stereocenters. The molecule has 0 aromatic heterocycles. The van der Waals surface area contributed by atoms with Gasteiger partial charge in [-0.25, -0.2) is 8.42 Å². The average molecular weight is 456 g/mol. The van der Waals surface area contributed by atoms with E-state index in [9.17, 15) is 26.4 Å². The average Bonchev–Trinajstić information content (AvgIpc) is 2.73. The number of rotatable bonds is 5. The highest BCUT2D eigenvalue weighted by atomic mass is 32.2. The second-order valence-corrected chi connectivity index (χ2v) is 9.49. The van der Waals surface area contributed by atoms with Gasteiger partial charge in [-0.2, -0.15) is 17.5 Å². The molecule has 1 amide bonds. The van der Waals surface area contributed by atoms with Crippen molar-refractivity contribution in [1.82, 2.24) is 9.21 Å². The second kappa shape index (κ2) is 8.88. The topological polar surface area (TPSA) is 60.9 Å². The fourth-order valence-electron chi connectivity index (χ4n) is 3.57. The van der Waals surface area contributed by atoms with Gasteiger partial charge >= 0.3 is 6.18 Å². The molecule has 1 fully saturated rings. The number of sulfonamides is 1. The number of likely N-dealkylation sites (N-methyl/N-ethyl adjacent to an activating group) is 1. The molecule has 3 rings (SSSR count). The maximum absolute atomic E-state index is 13.3. The Morgan fingerprint density at radius 3 is 2.16 bits per heavy atom. The summed E-state index contributed by atoms with van der Waals surface area (Å²) >= 11 is 0. The molecule has 1 atom stereocenters. The van der Waals surface area contributed by atoms with E-state index in [0.717, 1.165) is 22.7 Å². The van der Waals surface area contributed by atoms with E-state index in [0.29, 0.717) is 24.3 Å². The van der Waals surface area contributed by atoms with Gasteiger partial charge in [-0.15, -0.1) is 0 Å². The highest BCUT2D eigenvalue weighted by molar-refractivity contribution is 7.88. The summed E-state index contributed by atoms with van der Waals surface area (Å²) in [7, 11) is -2.27. The summed E-state index contributed by atoms with van der Waals surface area (Å²) in [6.07, 6.45) is -3.38. The number of piperazine rings is 1. The maximum Gasteiger partial charge on any atom is 0.416 e. The van der Waals surface area contributed by atoms with Crippen molar-refractivity contribution >= 4 is 21.6 Å².